The molecule has 0 spiro atoms. The van der Waals surface area contributed by atoms with Gasteiger partial charge in [-0.05, 0) is 37.9 Å². The molecule has 66 valence electrons. The third-order valence-corrected chi connectivity index (χ3v) is 3.62. The highest BCUT2D eigenvalue weighted by molar-refractivity contribution is 9.12. The molecule has 0 N–H and O–H groups in total. The van der Waals surface area contributed by atoms with Crippen molar-refractivity contribution in [3.05, 3.63) is 19.2 Å². The van der Waals surface area contributed by atoms with Gasteiger partial charge in [-0.25, -0.2) is 0 Å². The van der Waals surface area contributed by atoms with E-state index in [2.05, 4.69) is 31.9 Å². The molecule has 1 aromatic heterocycles. The van der Waals surface area contributed by atoms with E-state index in [1.807, 2.05) is 6.07 Å². The first-order chi connectivity index (χ1) is 5.59. The Labute approximate surface area is 91.2 Å². The normalized spacial score (nSPS) is 9.92. The van der Waals surface area contributed by atoms with Crippen LogP contribution in [0.25, 0.3) is 0 Å². The van der Waals surface area contributed by atoms with Crippen molar-refractivity contribution in [1.29, 1.82) is 0 Å². The van der Waals surface area contributed by atoms with Crippen molar-refractivity contribution in [2.24, 2.45) is 0 Å². The van der Waals surface area contributed by atoms with Gasteiger partial charge in [0.05, 0.1) is 7.57 Å². The summed E-state index contributed by atoms with van der Waals surface area (Å²) in [6.07, 6.45) is 0. The first kappa shape index (κ1) is 10.2. The van der Waals surface area contributed by atoms with Crippen LogP contribution in [-0.2, 0) is 16.1 Å². The Balaban J connectivity index is 2.62. The first-order valence-corrected chi connectivity index (χ1v) is 5.57. The van der Waals surface area contributed by atoms with Crippen molar-refractivity contribution >= 4 is 49.2 Å². The number of carbonyl (C=O) groups excluding carboxylic acids is 1. The van der Waals surface area contributed by atoms with Gasteiger partial charge in [-0.3, -0.25) is 4.79 Å². The molecule has 0 saturated heterocycles. The van der Waals surface area contributed by atoms with Gasteiger partial charge in [0.15, 0.2) is 0 Å². The number of esters is 1. The van der Waals surface area contributed by atoms with E-state index in [-0.39, 0.29) is 5.97 Å². The van der Waals surface area contributed by atoms with Crippen LogP contribution in [0.3, 0.4) is 0 Å². The average molecular weight is 314 g/mol. The standard InChI is InChI=1S/C7H6Br2O2S/c1-4(10)11-3-5-2-6(8)12-7(5)9/h2H,3H2,1H3. The summed E-state index contributed by atoms with van der Waals surface area (Å²) in [5.41, 5.74) is 0.988. The van der Waals surface area contributed by atoms with E-state index in [9.17, 15) is 4.79 Å². The van der Waals surface area contributed by atoms with Crippen molar-refractivity contribution in [3.63, 3.8) is 0 Å². The van der Waals surface area contributed by atoms with E-state index in [4.69, 9.17) is 4.74 Å². The van der Waals surface area contributed by atoms with Crippen LogP contribution in [0.4, 0.5) is 0 Å². The molecule has 12 heavy (non-hydrogen) atoms. The van der Waals surface area contributed by atoms with Crippen molar-refractivity contribution in [2.75, 3.05) is 0 Å². The molecule has 1 heterocycles. The molecule has 0 unspecified atom stereocenters. The summed E-state index contributed by atoms with van der Waals surface area (Å²) >= 11 is 8.27. The van der Waals surface area contributed by atoms with Crippen molar-refractivity contribution in [3.8, 4) is 0 Å². The highest BCUT2D eigenvalue weighted by Gasteiger charge is 2.05. The predicted octanol–water partition coefficient (Wildman–Crippen LogP) is 3.34. The molecule has 1 aromatic rings. The van der Waals surface area contributed by atoms with Crippen LogP contribution in [0.5, 0.6) is 0 Å². The van der Waals surface area contributed by atoms with Crippen molar-refractivity contribution in [1.82, 2.24) is 0 Å². The molecule has 0 radical (unpaired) electrons. The van der Waals surface area contributed by atoms with E-state index in [1.54, 1.807) is 11.3 Å². The smallest absolute Gasteiger partial charge is 0.302 e. The minimum absolute atomic E-state index is 0.260. The van der Waals surface area contributed by atoms with Gasteiger partial charge in [-0.2, -0.15) is 0 Å². The lowest BCUT2D eigenvalue weighted by Crippen LogP contribution is -1.97. The van der Waals surface area contributed by atoms with E-state index in [1.165, 1.54) is 6.92 Å². The fourth-order valence-electron chi connectivity index (χ4n) is 0.652. The lowest BCUT2D eigenvalue weighted by Gasteiger charge is -1.98. The Kier molecular flexibility index (Phi) is 3.74. The highest BCUT2D eigenvalue weighted by Crippen LogP contribution is 2.32. The van der Waals surface area contributed by atoms with Gasteiger partial charge in [0, 0.05) is 12.5 Å². The van der Waals surface area contributed by atoms with Gasteiger partial charge >= 0.3 is 5.97 Å². The SMILES string of the molecule is CC(=O)OCc1cc(Br)sc1Br. The Morgan fingerprint density at radius 3 is 2.75 bits per heavy atom. The summed E-state index contributed by atoms with van der Waals surface area (Å²) in [4.78, 5) is 10.5. The number of hydrogen-bond donors (Lipinski definition) is 0. The fraction of sp³-hybridized carbons (Fsp3) is 0.286. The Hall–Kier alpha value is 0.130. The van der Waals surface area contributed by atoms with Crippen LogP contribution >= 0.6 is 43.2 Å². The Morgan fingerprint density at radius 2 is 2.33 bits per heavy atom. The molecule has 0 bridgehead atoms. The maximum atomic E-state index is 10.5. The maximum Gasteiger partial charge on any atom is 0.302 e. The second-order valence-electron chi connectivity index (χ2n) is 2.13. The van der Waals surface area contributed by atoms with Crippen molar-refractivity contribution in [2.45, 2.75) is 13.5 Å². The second-order valence-corrected chi connectivity index (χ2v) is 5.88. The van der Waals surface area contributed by atoms with Crippen LogP contribution in [0.1, 0.15) is 12.5 Å². The highest BCUT2D eigenvalue weighted by atomic mass is 79.9. The van der Waals surface area contributed by atoms with E-state index in [0.717, 1.165) is 13.1 Å². The van der Waals surface area contributed by atoms with Gasteiger partial charge < -0.3 is 4.74 Å². The third kappa shape index (κ3) is 2.88. The lowest BCUT2D eigenvalue weighted by molar-refractivity contribution is -0.142. The van der Waals surface area contributed by atoms with Gasteiger partial charge in [-0.1, -0.05) is 0 Å². The summed E-state index contributed by atoms with van der Waals surface area (Å²) in [5.74, 6) is -0.260. The van der Waals surface area contributed by atoms with E-state index < -0.39 is 0 Å². The molecule has 0 aliphatic rings. The molecule has 0 amide bonds. The molecule has 0 aliphatic carbocycles. The fourth-order valence-corrected chi connectivity index (χ4v) is 3.44. The maximum absolute atomic E-state index is 10.5. The summed E-state index contributed by atoms with van der Waals surface area (Å²) in [6.45, 7) is 1.73. The van der Waals surface area contributed by atoms with E-state index in [0.29, 0.717) is 6.61 Å². The quantitative estimate of drug-likeness (QED) is 0.783. The molecule has 0 aliphatic heterocycles. The van der Waals surface area contributed by atoms with Gasteiger partial charge in [0.2, 0.25) is 0 Å². The van der Waals surface area contributed by atoms with Crippen LogP contribution in [0.15, 0.2) is 13.6 Å². The first-order valence-electron chi connectivity index (χ1n) is 3.16. The van der Waals surface area contributed by atoms with Gasteiger partial charge in [0.25, 0.3) is 0 Å². The average Bonchev–Trinajstić information content (AvgIpc) is 2.26. The van der Waals surface area contributed by atoms with Crippen LogP contribution in [-0.4, -0.2) is 5.97 Å². The summed E-state index contributed by atoms with van der Waals surface area (Å²) in [5, 5.41) is 0. The molecule has 0 saturated carbocycles. The lowest BCUT2D eigenvalue weighted by atomic mass is 10.4. The zero-order chi connectivity index (χ0) is 9.14. The van der Waals surface area contributed by atoms with Crippen LogP contribution in [0, 0.1) is 0 Å². The number of ether oxygens (including phenoxy) is 1. The van der Waals surface area contributed by atoms with Crippen LogP contribution in [0.2, 0.25) is 0 Å². The van der Waals surface area contributed by atoms with Gasteiger partial charge in [-0.15, -0.1) is 11.3 Å². The number of hydrogen-bond acceptors (Lipinski definition) is 3. The number of thiophene rings is 1. The molecule has 1 rings (SSSR count). The topological polar surface area (TPSA) is 26.3 Å². The number of halogens is 2. The molecular weight excluding hydrogens is 308 g/mol. The van der Waals surface area contributed by atoms with Crippen molar-refractivity contribution < 1.29 is 9.53 Å². The van der Waals surface area contributed by atoms with E-state index >= 15 is 0 Å². The third-order valence-electron chi connectivity index (χ3n) is 1.16. The predicted molar refractivity (Wildman–Crippen MR) is 55.2 cm³/mol. The van der Waals surface area contributed by atoms with Crippen LogP contribution < -0.4 is 0 Å². The zero-order valence-electron chi connectivity index (χ0n) is 6.27. The summed E-state index contributed by atoms with van der Waals surface area (Å²) in [7, 11) is 0. The second kappa shape index (κ2) is 4.39. The van der Waals surface area contributed by atoms with Gasteiger partial charge in [0.1, 0.15) is 6.61 Å². The minimum atomic E-state index is -0.260. The summed E-state index contributed by atoms with van der Waals surface area (Å²) in [6, 6.07) is 1.93. The molecule has 2 nitrogen and oxygen atoms in total. The Morgan fingerprint density at radius 1 is 1.67 bits per heavy atom. The molecule has 5 heteroatoms. The Bertz CT molecular complexity index is 296. The number of carbonyl (C=O) groups is 1. The molecular formula is C7H6Br2O2S. The zero-order valence-corrected chi connectivity index (χ0v) is 10.3. The minimum Gasteiger partial charge on any atom is -0.461 e. The molecule has 0 fully saturated rings. The molecule has 0 atom stereocenters. The monoisotopic (exact) mass is 312 g/mol. The number of rotatable bonds is 2. The summed E-state index contributed by atoms with van der Waals surface area (Å²) < 4.78 is 6.86. The largest absolute Gasteiger partial charge is 0.461 e. The molecule has 0 aromatic carbocycles.